The summed E-state index contributed by atoms with van der Waals surface area (Å²) < 4.78 is 0. The summed E-state index contributed by atoms with van der Waals surface area (Å²) in [5.74, 6) is 2.29. The maximum atomic E-state index is 11.0. The average Bonchev–Trinajstić information content (AvgIpc) is 2.19. The lowest BCUT2D eigenvalue weighted by Gasteiger charge is -2.22. The fourth-order valence-corrected chi connectivity index (χ4v) is 2.47. The van der Waals surface area contributed by atoms with Gasteiger partial charge in [-0.1, -0.05) is 0 Å². The lowest BCUT2D eigenvalue weighted by atomic mass is 10.2. The van der Waals surface area contributed by atoms with Gasteiger partial charge >= 0.3 is 0 Å². The molecule has 1 aliphatic rings. The van der Waals surface area contributed by atoms with Crippen LogP contribution in [0.15, 0.2) is 17.2 Å². The summed E-state index contributed by atoms with van der Waals surface area (Å²) >= 11 is 1.95. The molecule has 5 heteroatoms. The second-order valence-electron chi connectivity index (χ2n) is 3.33. The Bertz CT molecular complexity index is 346. The molecule has 76 valence electrons. The highest BCUT2D eigenvalue weighted by atomic mass is 32.2. The molecule has 1 saturated heterocycles. The number of aromatic amines is 1. The van der Waals surface area contributed by atoms with Gasteiger partial charge < -0.3 is 10.3 Å². The van der Waals surface area contributed by atoms with E-state index in [0.717, 1.165) is 24.4 Å². The minimum atomic E-state index is -0.0709. The van der Waals surface area contributed by atoms with Crippen molar-refractivity contribution in [1.29, 1.82) is 0 Å². The van der Waals surface area contributed by atoms with Crippen molar-refractivity contribution in [3.63, 3.8) is 0 Å². The average molecular weight is 211 g/mol. The van der Waals surface area contributed by atoms with E-state index in [1.807, 2.05) is 11.8 Å². The van der Waals surface area contributed by atoms with Gasteiger partial charge in [0, 0.05) is 42.3 Å². The fourth-order valence-electron chi connectivity index (χ4n) is 1.52. The lowest BCUT2D eigenvalue weighted by molar-refractivity contribution is 0.556. The first-order valence-corrected chi connectivity index (χ1v) is 5.85. The van der Waals surface area contributed by atoms with Gasteiger partial charge in [0.05, 0.1) is 6.33 Å². The third-order valence-electron chi connectivity index (χ3n) is 2.19. The SMILES string of the molecule is O=c1cc(CC2CSCCN2)nc[nH]1. The molecular formula is C9H13N3OS. The summed E-state index contributed by atoms with van der Waals surface area (Å²) in [7, 11) is 0. The number of nitrogens with one attached hydrogen (secondary N) is 2. The quantitative estimate of drug-likeness (QED) is 0.724. The third kappa shape index (κ3) is 2.59. The van der Waals surface area contributed by atoms with E-state index >= 15 is 0 Å². The topological polar surface area (TPSA) is 57.8 Å². The van der Waals surface area contributed by atoms with Crippen LogP contribution in [0.2, 0.25) is 0 Å². The van der Waals surface area contributed by atoms with Crippen LogP contribution in [0.25, 0.3) is 0 Å². The third-order valence-corrected chi connectivity index (χ3v) is 3.32. The van der Waals surface area contributed by atoms with E-state index in [9.17, 15) is 4.79 Å². The highest BCUT2D eigenvalue weighted by Gasteiger charge is 2.13. The Morgan fingerprint density at radius 2 is 2.57 bits per heavy atom. The Balaban J connectivity index is 1.99. The Labute approximate surface area is 86.5 Å². The molecule has 1 fully saturated rings. The maximum absolute atomic E-state index is 11.0. The second kappa shape index (κ2) is 4.61. The minimum absolute atomic E-state index is 0.0709. The van der Waals surface area contributed by atoms with Crippen molar-refractivity contribution in [1.82, 2.24) is 15.3 Å². The number of hydrogen-bond acceptors (Lipinski definition) is 4. The molecule has 0 spiro atoms. The van der Waals surface area contributed by atoms with Crippen LogP contribution in [0.5, 0.6) is 0 Å². The van der Waals surface area contributed by atoms with Crippen molar-refractivity contribution in [2.75, 3.05) is 18.1 Å². The van der Waals surface area contributed by atoms with Crippen LogP contribution in [0.4, 0.5) is 0 Å². The van der Waals surface area contributed by atoms with E-state index in [0.29, 0.717) is 6.04 Å². The number of aromatic nitrogens is 2. The zero-order valence-corrected chi connectivity index (χ0v) is 8.64. The molecule has 1 aromatic rings. The highest BCUT2D eigenvalue weighted by molar-refractivity contribution is 7.99. The number of thioether (sulfide) groups is 1. The molecule has 4 nitrogen and oxygen atoms in total. The molecule has 14 heavy (non-hydrogen) atoms. The summed E-state index contributed by atoms with van der Waals surface area (Å²) in [5, 5.41) is 3.41. The van der Waals surface area contributed by atoms with Crippen molar-refractivity contribution in [2.45, 2.75) is 12.5 Å². The molecule has 1 unspecified atom stereocenters. The summed E-state index contributed by atoms with van der Waals surface area (Å²) in [6, 6.07) is 2.03. The van der Waals surface area contributed by atoms with E-state index in [-0.39, 0.29) is 5.56 Å². The van der Waals surface area contributed by atoms with E-state index in [1.165, 1.54) is 12.1 Å². The first kappa shape index (κ1) is 9.73. The van der Waals surface area contributed by atoms with Crippen molar-refractivity contribution in [3.05, 3.63) is 28.4 Å². The number of H-pyrrole nitrogens is 1. The maximum Gasteiger partial charge on any atom is 0.250 e. The van der Waals surface area contributed by atoms with Crippen molar-refractivity contribution >= 4 is 11.8 Å². The molecule has 1 aliphatic heterocycles. The summed E-state index contributed by atoms with van der Waals surface area (Å²) in [4.78, 5) is 17.7. The van der Waals surface area contributed by atoms with Crippen LogP contribution < -0.4 is 10.9 Å². The van der Waals surface area contributed by atoms with Crippen LogP contribution in [-0.4, -0.2) is 34.1 Å². The molecule has 0 saturated carbocycles. The van der Waals surface area contributed by atoms with Gasteiger partial charge in [-0.2, -0.15) is 11.8 Å². The molecule has 0 bridgehead atoms. The van der Waals surface area contributed by atoms with E-state index in [2.05, 4.69) is 15.3 Å². The first-order valence-electron chi connectivity index (χ1n) is 4.69. The Kier molecular flexibility index (Phi) is 3.21. The molecule has 2 rings (SSSR count). The summed E-state index contributed by atoms with van der Waals surface area (Å²) in [6.07, 6.45) is 2.31. The zero-order valence-electron chi connectivity index (χ0n) is 7.82. The first-order chi connectivity index (χ1) is 6.84. The molecule has 0 radical (unpaired) electrons. The second-order valence-corrected chi connectivity index (χ2v) is 4.48. The number of rotatable bonds is 2. The largest absolute Gasteiger partial charge is 0.313 e. The van der Waals surface area contributed by atoms with Crippen LogP contribution >= 0.6 is 11.8 Å². The van der Waals surface area contributed by atoms with Crippen LogP contribution in [0.3, 0.4) is 0 Å². The van der Waals surface area contributed by atoms with Gasteiger partial charge in [-0.3, -0.25) is 4.79 Å². The van der Waals surface area contributed by atoms with Crippen molar-refractivity contribution < 1.29 is 0 Å². The van der Waals surface area contributed by atoms with E-state index < -0.39 is 0 Å². The smallest absolute Gasteiger partial charge is 0.250 e. The summed E-state index contributed by atoms with van der Waals surface area (Å²) in [6.45, 7) is 1.05. The number of nitrogens with zero attached hydrogens (tertiary/aromatic N) is 1. The molecule has 2 heterocycles. The van der Waals surface area contributed by atoms with Crippen LogP contribution in [0.1, 0.15) is 5.69 Å². The Morgan fingerprint density at radius 3 is 3.29 bits per heavy atom. The van der Waals surface area contributed by atoms with Gasteiger partial charge in [-0.25, -0.2) is 4.98 Å². The Hall–Kier alpha value is -0.810. The monoisotopic (exact) mass is 211 g/mol. The molecule has 0 amide bonds. The molecular weight excluding hydrogens is 198 g/mol. The highest BCUT2D eigenvalue weighted by Crippen LogP contribution is 2.10. The van der Waals surface area contributed by atoms with E-state index in [4.69, 9.17) is 0 Å². The molecule has 1 aromatic heterocycles. The standard InChI is InChI=1S/C9H13N3OS/c13-9-4-7(11-6-12-9)3-8-5-14-2-1-10-8/h4,6,8,10H,1-3,5H2,(H,11,12,13). The van der Waals surface area contributed by atoms with Gasteiger partial charge in [-0.05, 0) is 0 Å². The van der Waals surface area contributed by atoms with Gasteiger partial charge in [0.15, 0.2) is 0 Å². The van der Waals surface area contributed by atoms with Gasteiger partial charge in [-0.15, -0.1) is 0 Å². The van der Waals surface area contributed by atoms with Crippen molar-refractivity contribution in [2.24, 2.45) is 0 Å². The van der Waals surface area contributed by atoms with Crippen LogP contribution in [0, 0.1) is 0 Å². The normalized spacial score (nSPS) is 22.1. The molecule has 0 aliphatic carbocycles. The fraction of sp³-hybridized carbons (Fsp3) is 0.556. The van der Waals surface area contributed by atoms with Gasteiger partial charge in [0.2, 0.25) is 0 Å². The van der Waals surface area contributed by atoms with Gasteiger partial charge in [0.1, 0.15) is 0 Å². The predicted molar refractivity (Wildman–Crippen MR) is 57.7 cm³/mol. The van der Waals surface area contributed by atoms with Crippen LogP contribution in [-0.2, 0) is 6.42 Å². The van der Waals surface area contributed by atoms with E-state index in [1.54, 1.807) is 6.07 Å². The molecule has 2 N–H and O–H groups in total. The number of hydrogen-bond donors (Lipinski definition) is 2. The Morgan fingerprint density at radius 1 is 1.64 bits per heavy atom. The molecule has 1 atom stereocenters. The predicted octanol–water partition coefficient (Wildman–Crippen LogP) is 0.0174. The summed E-state index contributed by atoms with van der Waals surface area (Å²) in [5.41, 5.74) is 0.798. The van der Waals surface area contributed by atoms with Crippen molar-refractivity contribution in [3.8, 4) is 0 Å². The van der Waals surface area contributed by atoms with Gasteiger partial charge in [0.25, 0.3) is 5.56 Å². The zero-order chi connectivity index (χ0) is 9.80. The lowest BCUT2D eigenvalue weighted by Crippen LogP contribution is -2.39. The molecule has 0 aromatic carbocycles. The minimum Gasteiger partial charge on any atom is -0.313 e.